The first kappa shape index (κ1) is 19.0. The molecule has 0 aromatic heterocycles. The van der Waals surface area contributed by atoms with Crippen molar-refractivity contribution in [2.75, 3.05) is 13.2 Å². The molecule has 0 bridgehead atoms. The van der Waals surface area contributed by atoms with Crippen LogP contribution in [0.3, 0.4) is 0 Å². The number of ether oxygens (including phenoxy) is 4. The molecule has 7 heteroatoms. The topological polar surface area (TPSA) is 104 Å². The molecule has 1 saturated heterocycles. The number of rotatable bonds is 4. The van der Waals surface area contributed by atoms with Gasteiger partial charge in [-0.25, -0.2) is 4.79 Å². The molecule has 0 radical (unpaired) electrons. The second-order valence-electron chi connectivity index (χ2n) is 6.67. The summed E-state index contributed by atoms with van der Waals surface area (Å²) in [5.41, 5.74) is 7.02. The van der Waals surface area contributed by atoms with Crippen molar-refractivity contribution in [1.29, 1.82) is 5.26 Å². The molecule has 0 amide bonds. The predicted molar refractivity (Wildman–Crippen MR) is 96.3 cm³/mol. The van der Waals surface area contributed by atoms with E-state index in [4.69, 9.17) is 24.7 Å². The maximum absolute atomic E-state index is 12.8. The van der Waals surface area contributed by atoms with Gasteiger partial charge in [0.05, 0.1) is 36.4 Å². The highest BCUT2D eigenvalue weighted by molar-refractivity contribution is 5.98. The Morgan fingerprint density at radius 2 is 2.07 bits per heavy atom. The number of nitrogens with zero attached hydrogens (tertiary/aromatic N) is 1. The molecule has 1 fully saturated rings. The molecule has 2 N–H and O–H groups in total. The van der Waals surface area contributed by atoms with Gasteiger partial charge in [-0.3, -0.25) is 0 Å². The molecule has 0 unspecified atom stereocenters. The Bertz CT molecular complexity index is 836. The van der Waals surface area contributed by atoms with E-state index in [2.05, 4.69) is 6.07 Å². The fraction of sp³-hybridized carbons (Fsp3) is 0.400. The van der Waals surface area contributed by atoms with Gasteiger partial charge in [0.15, 0.2) is 5.79 Å². The number of hydrogen-bond donors (Lipinski definition) is 1. The summed E-state index contributed by atoms with van der Waals surface area (Å²) in [5, 5.41) is 9.67. The van der Waals surface area contributed by atoms with Gasteiger partial charge >= 0.3 is 5.97 Å². The van der Waals surface area contributed by atoms with Gasteiger partial charge in [0.2, 0.25) is 5.88 Å². The third kappa shape index (κ3) is 3.68. The van der Waals surface area contributed by atoms with Gasteiger partial charge in [-0.1, -0.05) is 30.3 Å². The number of nitriles is 1. The predicted octanol–water partition coefficient (Wildman–Crippen LogP) is 2.45. The summed E-state index contributed by atoms with van der Waals surface area (Å²) < 4.78 is 22.6. The molecule has 2 aliphatic heterocycles. The Labute approximate surface area is 157 Å². The van der Waals surface area contributed by atoms with Gasteiger partial charge in [0.1, 0.15) is 11.8 Å². The molecule has 2 aliphatic rings. The number of benzene rings is 1. The smallest absolute Gasteiger partial charge is 0.338 e. The molecule has 0 saturated carbocycles. The highest BCUT2D eigenvalue weighted by Gasteiger charge is 2.47. The summed E-state index contributed by atoms with van der Waals surface area (Å²) in [6, 6.07) is 11.1. The second-order valence-corrected chi connectivity index (χ2v) is 6.67. The molecule has 0 aliphatic carbocycles. The van der Waals surface area contributed by atoms with E-state index in [1.807, 2.05) is 18.2 Å². The number of esters is 1. The van der Waals surface area contributed by atoms with Crippen LogP contribution >= 0.6 is 0 Å². The first-order valence-corrected chi connectivity index (χ1v) is 8.74. The first-order chi connectivity index (χ1) is 12.9. The van der Waals surface area contributed by atoms with E-state index >= 15 is 0 Å². The monoisotopic (exact) mass is 370 g/mol. The molecule has 3 rings (SSSR count). The Morgan fingerprint density at radius 3 is 2.63 bits per heavy atom. The van der Waals surface area contributed by atoms with E-state index in [0.717, 1.165) is 0 Å². The van der Waals surface area contributed by atoms with Crippen molar-refractivity contribution in [2.45, 2.75) is 32.7 Å². The summed E-state index contributed by atoms with van der Waals surface area (Å²) in [4.78, 5) is 12.8. The molecule has 7 nitrogen and oxygen atoms in total. The molecule has 1 aromatic rings. The lowest BCUT2D eigenvalue weighted by Crippen LogP contribution is -2.36. The van der Waals surface area contributed by atoms with E-state index < -0.39 is 23.8 Å². The van der Waals surface area contributed by atoms with E-state index in [1.165, 1.54) is 0 Å². The molecule has 0 spiro atoms. The summed E-state index contributed by atoms with van der Waals surface area (Å²) >= 11 is 0. The highest BCUT2D eigenvalue weighted by atomic mass is 16.7. The quantitative estimate of drug-likeness (QED) is 0.812. The number of carbonyl (C=O) groups is 1. The number of hydrogen-bond acceptors (Lipinski definition) is 7. The Hall–Kier alpha value is -2.82. The van der Waals surface area contributed by atoms with Crippen molar-refractivity contribution in [3.63, 3.8) is 0 Å². The lowest BCUT2D eigenvalue weighted by atomic mass is 9.83. The second kappa shape index (κ2) is 7.43. The Balaban J connectivity index is 2.16. The lowest BCUT2D eigenvalue weighted by molar-refractivity contribution is -0.146. The fourth-order valence-electron chi connectivity index (χ4n) is 3.27. The minimum absolute atomic E-state index is 0.0530. The van der Waals surface area contributed by atoms with Crippen LogP contribution in [0.25, 0.3) is 5.76 Å². The summed E-state index contributed by atoms with van der Waals surface area (Å²) in [6.45, 7) is 5.66. The van der Waals surface area contributed by atoms with Crippen molar-refractivity contribution in [3.05, 3.63) is 52.9 Å². The minimum atomic E-state index is -0.828. The van der Waals surface area contributed by atoms with Crippen LogP contribution < -0.4 is 5.73 Å². The third-order valence-electron chi connectivity index (χ3n) is 4.40. The van der Waals surface area contributed by atoms with Gasteiger partial charge in [0.25, 0.3) is 0 Å². The van der Waals surface area contributed by atoms with Gasteiger partial charge in [0, 0.05) is 5.56 Å². The fourth-order valence-corrected chi connectivity index (χ4v) is 3.27. The van der Waals surface area contributed by atoms with E-state index in [-0.39, 0.29) is 36.0 Å². The van der Waals surface area contributed by atoms with Crippen LogP contribution in [-0.4, -0.2) is 31.1 Å². The van der Waals surface area contributed by atoms with Crippen molar-refractivity contribution >= 4 is 11.7 Å². The maximum Gasteiger partial charge on any atom is 0.338 e. The molecular formula is C20H22N2O5. The molecule has 2 atom stereocenters. The van der Waals surface area contributed by atoms with Crippen LogP contribution in [-0.2, 0) is 23.7 Å². The van der Waals surface area contributed by atoms with Crippen molar-refractivity contribution in [3.8, 4) is 6.07 Å². The number of nitrogens with two attached hydrogens (primary N) is 1. The van der Waals surface area contributed by atoms with Crippen molar-refractivity contribution in [1.82, 2.24) is 0 Å². The van der Waals surface area contributed by atoms with Gasteiger partial charge in [-0.15, -0.1) is 0 Å². The molecular weight excluding hydrogens is 348 g/mol. The van der Waals surface area contributed by atoms with E-state index in [9.17, 15) is 10.1 Å². The van der Waals surface area contributed by atoms with E-state index in [0.29, 0.717) is 5.56 Å². The molecule has 142 valence electrons. The van der Waals surface area contributed by atoms with E-state index in [1.54, 1.807) is 32.9 Å². The van der Waals surface area contributed by atoms with Gasteiger partial charge in [-0.05, 0) is 20.8 Å². The van der Waals surface area contributed by atoms with Crippen molar-refractivity contribution < 1.29 is 23.7 Å². The average molecular weight is 370 g/mol. The van der Waals surface area contributed by atoms with Crippen LogP contribution in [0.1, 0.15) is 26.3 Å². The van der Waals surface area contributed by atoms with Crippen LogP contribution in [0.4, 0.5) is 0 Å². The van der Waals surface area contributed by atoms with Crippen LogP contribution in [0, 0.1) is 17.2 Å². The normalized spacial score (nSPS) is 24.4. The lowest BCUT2D eigenvalue weighted by Gasteiger charge is -2.31. The first-order valence-electron chi connectivity index (χ1n) is 8.74. The summed E-state index contributed by atoms with van der Waals surface area (Å²) in [6.07, 6.45) is -0.574. The van der Waals surface area contributed by atoms with Gasteiger partial charge in [-0.2, -0.15) is 5.26 Å². The third-order valence-corrected chi connectivity index (χ3v) is 4.40. The maximum atomic E-state index is 12.8. The molecule has 27 heavy (non-hydrogen) atoms. The Morgan fingerprint density at radius 1 is 1.37 bits per heavy atom. The highest BCUT2D eigenvalue weighted by Crippen LogP contribution is 2.42. The largest absolute Gasteiger partial charge is 0.463 e. The summed E-state index contributed by atoms with van der Waals surface area (Å²) in [5.74, 6) is -1.94. The standard InChI is InChI=1S/C20H22N2O5/c1-4-24-19(23)16-15(14-11-25-20(2,3)27-14)13(10-21)18(22)26-17(16)12-8-6-5-7-9-12/h5-9,14-15H,4,11,22H2,1-3H3/t14-,15+/m1/s1. The average Bonchev–Trinajstić information content (AvgIpc) is 3.01. The van der Waals surface area contributed by atoms with Crippen molar-refractivity contribution in [2.24, 2.45) is 11.7 Å². The number of carbonyl (C=O) groups excluding carboxylic acids is 1. The van der Waals surface area contributed by atoms with Crippen LogP contribution in [0.5, 0.6) is 0 Å². The van der Waals surface area contributed by atoms with Gasteiger partial charge < -0.3 is 24.7 Å². The zero-order valence-corrected chi connectivity index (χ0v) is 15.5. The zero-order valence-electron chi connectivity index (χ0n) is 15.5. The molecule has 2 heterocycles. The summed E-state index contributed by atoms with van der Waals surface area (Å²) in [7, 11) is 0. The SMILES string of the molecule is CCOC(=O)C1=C(c2ccccc2)OC(N)=C(C#N)[C@H]1[C@H]1COC(C)(C)O1. The van der Waals surface area contributed by atoms with Crippen LogP contribution in [0.2, 0.25) is 0 Å². The zero-order chi connectivity index (χ0) is 19.6. The Kier molecular flexibility index (Phi) is 5.22. The molecule has 1 aromatic carbocycles. The van der Waals surface area contributed by atoms with Crippen LogP contribution in [0.15, 0.2) is 47.4 Å². The minimum Gasteiger partial charge on any atom is -0.463 e.